The molecule has 1 aromatic heterocycles. The highest BCUT2D eigenvalue weighted by molar-refractivity contribution is 5.54. The van der Waals surface area contributed by atoms with Crippen LogP contribution in [0.2, 0.25) is 0 Å². The predicted molar refractivity (Wildman–Crippen MR) is 69.0 cm³/mol. The fourth-order valence-corrected chi connectivity index (χ4v) is 1.80. The smallest absolute Gasteiger partial charge is 0.238 e. The number of aromatic nitrogens is 2. The average Bonchev–Trinajstić information content (AvgIpc) is 2.68. The first kappa shape index (κ1) is 11.5. The summed E-state index contributed by atoms with van der Waals surface area (Å²) in [5, 5.41) is 7.63. The molecule has 0 fully saturated rings. The Morgan fingerprint density at radius 2 is 2.00 bits per heavy atom. The van der Waals surface area contributed by atoms with E-state index in [0.29, 0.717) is 12.5 Å². The van der Waals surface area contributed by atoms with Crippen molar-refractivity contribution in [3.8, 4) is 11.6 Å². The van der Waals surface area contributed by atoms with Gasteiger partial charge in [0.15, 0.2) is 0 Å². The second-order valence-electron chi connectivity index (χ2n) is 3.71. The molecule has 4 heteroatoms. The fraction of sp³-hybridized carbons (Fsp3) is 0.308. The van der Waals surface area contributed by atoms with Crippen LogP contribution in [-0.4, -0.2) is 23.4 Å². The Morgan fingerprint density at radius 1 is 1.29 bits per heavy atom. The van der Waals surface area contributed by atoms with E-state index < -0.39 is 0 Å². The monoisotopic (exact) mass is 231 g/mol. The van der Waals surface area contributed by atoms with Gasteiger partial charge in [-0.25, -0.2) is 4.68 Å². The summed E-state index contributed by atoms with van der Waals surface area (Å²) in [7, 11) is 1.89. The Kier molecular flexibility index (Phi) is 3.32. The SMILES string of the molecule is CCOc1nn(-c2ccccc2)c(NC)c1C. The normalized spacial score (nSPS) is 10.3. The van der Waals surface area contributed by atoms with Crippen LogP contribution < -0.4 is 10.1 Å². The number of nitrogens with one attached hydrogen (secondary N) is 1. The zero-order valence-corrected chi connectivity index (χ0v) is 10.4. The van der Waals surface area contributed by atoms with Crippen LogP contribution >= 0.6 is 0 Å². The summed E-state index contributed by atoms with van der Waals surface area (Å²) in [5.74, 6) is 1.64. The molecule has 1 aromatic carbocycles. The maximum Gasteiger partial charge on any atom is 0.238 e. The van der Waals surface area contributed by atoms with E-state index in [1.54, 1.807) is 0 Å². The lowest BCUT2D eigenvalue weighted by Crippen LogP contribution is -2.02. The van der Waals surface area contributed by atoms with Crippen LogP contribution in [0.4, 0.5) is 5.82 Å². The molecule has 0 aliphatic rings. The van der Waals surface area contributed by atoms with E-state index in [0.717, 1.165) is 17.1 Å². The van der Waals surface area contributed by atoms with Crippen LogP contribution in [-0.2, 0) is 0 Å². The van der Waals surface area contributed by atoms with Crippen molar-refractivity contribution >= 4 is 5.82 Å². The number of rotatable bonds is 4. The van der Waals surface area contributed by atoms with E-state index in [2.05, 4.69) is 10.4 Å². The number of para-hydroxylation sites is 1. The van der Waals surface area contributed by atoms with Crippen LogP contribution in [0.25, 0.3) is 5.69 Å². The molecule has 17 heavy (non-hydrogen) atoms. The first-order valence-corrected chi connectivity index (χ1v) is 5.73. The lowest BCUT2D eigenvalue weighted by atomic mass is 10.3. The number of ether oxygens (including phenoxy) is 1. The first-order valence-electron chi connectivity index (χ1n) is 5.73. The van der Waals surface area contributed by atoms with Crippen molar-refractivity contribution in [3.05, 3.63) is 35.9 Å². The van der Waals surface area contributed by atoms with Crippen molar-refractivity contribution in [2.75, 3.05) is 19.0 Å². The molecule has 2 rings (SSSR count). The van der Waals surface area contributed by atoms with E-state index in [4.69, 9.17) is 4.74 Å². The predicted octanol–water partition coefficient (Wildman–Crippen LogP) is 2.62. The second kappa shape index (κ2) is 4.91. The summed E-state index contributed by atoms with van der Waals surface area (Å²) < 4.78 is 7.37. The number of nitrogens with zero attached hydrogens (tertiary/aromatic N) is 2. The Morgan fingerprint density at radius 3 is 2.59 bits per heavy atom. The molecule has 0 radical (unpaired) electrons. The van der Waals surface area contributed by atoms with Gasteiger partial charge in [-0.3, -0.25) is 0 Å². The minimum atomic E-state index is 0.621. The highest BCUT2D eigenvalue weighted by atomic mass is 16.5. The fourth-order valence-electron chi connectivity index (χ4n) is 1.80. The maximum atomic E-state index is 5.51. The van der Waals surface area contributed by atoms with Crippen LogP contribution in [0.15, 0.2) is 30.3 Å². The van der Waals surface area contributed by atoms with Gasteiger partial charge in [0.25, 0.3) is 0 Å². The summed E-state index contributed by atoms with van der Waals surface area (Å²) in [4.78, 5) is 0. The molecule has 90 valence electrons. The largest absolute Gasteiger partial charge is 0.477 e. The second-order valence-corrected chi connectivity index (χ2v) is 3.71. The first-order chi connectivity index (χ1) is 8.27. The van der Waals surface area contributed by atoms with Gasteiger partial charge in [-0.15, -0.1) is 5.10 Å². The third-order valence-electron chi connectivity index (χ3n) is 2.60. The molecule has 1 heterocycles. The molecule has 0 aliphatic heterocycles. The van der Waals surface area contributed by atoms with Gasteiger partial charge in [-0.05, 0) is 26.0 Å². The Balaban J connectivity index is 2.50. The molecule has 1 N–H and O–H groups in total. The molecule has 0 saturated heterocycles. The zero-order valence-electron chi connectivity index (χ0n) is 10.4. The van der Waals surface area contributed by atoms with Crippen molar-refractivity contribution < 1.29 is 4.74 Å². The summed E-state index contributed by atoms with van der Waals surface area (Å²) in [6.45, 7) is 4.58. The van der Waals surface area contributed by atoms with E-state index in [-0.39, 0.29) is 0 Å². The molecule has 0 spiro atoms. The Labute approximate surface area is 101 Å². The summed E-state index contributed by atoms with van der Waals surface area (Å²) in [6.07, 6.45) is 0. The average molecular weight is 231 g/mol. The third kappa shape index (κ3) is 2.11. The standard InChI is InChI=1S/C13H17N3O/c1-4-17-13-10(2)12(14-3)16(15-13)11-8-6-5-7-9-11/h5-9,14H,4H2,1-3H3. The van der Waals surface area contributed by atoms with Crippen molar-refractivity contribution in [2.45, 2.75) is 13.8 Å². The van der Waals surface area contributed by atoms with Gasteiger partial charge in [0.2, 0.25) is 5.88 Å². The topological polar surface area (TPSA) is 39.1 Å². The van der Waals surface area contributed by atoms with Gasteiger partial charge in [-0.2, -0.15) is 0 Å². The molecule has 0 aliphatic carbocycles. The maximum absolute atomic E-state index is 5.51. The summed E-state index contributed by atoms with van der Waals surface area (Å²) >= 11 is 0. The van der Waals surface area contributed by atoms with Crippen LogP contribution in [0.5, 0.6) is 5.88 Å². The highest BCUT2D eigenvalue weighted by Gasteiger charge is 2.14. The number of hydrogen-bond acceptors (Lipinski definition) is 3. The van der Waals surface area contributed by atoms with Gasteiger partial charge in [0.05, 0.1) is 17.9 Å². The Hall–Kier alpha value is -1.97. The molecule has 4 nitrogen and oxygen atoms in total. The van der Waals surface area contributed by atoms with E-state index >= 15 is 0 Å². The van der Waals surface area contributed by atoms with E-state index in [1.165, 1.54) is 0 Å². The molecule has 0 atom stereocenters. The van der Waals surface area contributed by atoms with Gasteiger partial charge >= 0.3 is 0 Å². The van der Waals surface area contributed by atoms with Crippen LogP contribution in [0, 0.1) is 6.92 Å². The minimum absolute atomic E-state index is 0.621. The van der Waals surface area contributed by atoms with Gasteiger partial charge < -0.3 is 10.1 Å². The lowest BCUT2D eigenvalue weighted by molar-refractivity contribution is 0.322. The van der Waals surface area contributed by atoms with Crippen molar-refractivity contribution in [1.82, 2.24) is 9.78 Å². The third-order valence-corrected chi connectivity index (χ3v) is 2.60. The van der Waals surface area contributed by atoms with Crippen molar-refractivity contribution in [3.63, 3.8) is 0 Å². The zero-order chi connectivity index (χ0) is 12.3. The van der Waals surface area contributed by atoms with Gasteiger partial charge in [-0.1, -0.05) is 18.2 Å². The number of anilines is 1. The van der Waals surface area contributed by atoms with Crippen molar-refractivity contribution in [2.24, 2.45) is 0 Å². The van der Waals surface area contributed by atoms with E-state index in [9.17, 15) is 0 Å². The molecule has 2 aromatic rings. The van der Waals surface area contributed by atoms with Crippen LogP contribution in [0.3, 0.4) is 0 Å². The van der Waals surface area contributed by atoms with E-state index in [1.807, 2.05) is 55.9 Å². The Bertz CT molecular complexity index is 491. The summed E-state index contributed by atoms with van der Waals surface area (Å²) in [5.41, 5.74) is 2.05. The van der Waals surface area contributed by atoms with Crippen LogP contribution in [0.1, 0.15) is 12.5 Å². The number of hydrogen-bond donors (Lipinski definition) is 1. The molecular weight excluding hydrogens is 214 g/mol. The van der Waals surface area contributed by atoms with Gasteiger partial charge in [0.1, 0.15) is 5.82 Å². The molecule has 0 bridgehead atoms. The van der Waals surface area contributed by atoms with Gasteiger partial charge in [0, 0.05) is 7.05 Å². The minimum Gasteiger partial charge on any atom is -0.477 e. The quantitative estimate of drug-likeness (QED) is 0.879. The molecule has 0 amide bonds. The lowest BCUT2D eigenvalue weighted by Gasteiger charge is -2.06. The molecular formula is C13H17N3O. The molecule has 0 unspecified atom stereocenters. The van der Waals surface area contributed by atoms with Crippen molar-refractivity contribution in [1.29, 1.82) is 0 Å². The summed E-state index contributed by atoms with van der Waals surface area (Å²) in [6, 6.07) is 10.0. The number of benzene rings is 1. The molecule has 0 saturated carbocycles. The highest BCUT2D eigenvalue weighted by Crippen LogP contribution is 2.27.